The van der Waals surface area contributed by atoms with Crippen LogP contribution in [-0.2, 0) is 13.5 Å². The van der Waals surface area contributed by atoms with E-state index < -0.39 is 0 Å². The molecule has 0 aliphatic heterocycles. The van der Waals surface area contributed by atoms with E-state index in [0.29, 0.717) is 12.3 Å². The Morgan fingerprint density at radius 3 is 2.90 bits per heavy atom. The third-order valence-electron chi connectivity index (χ3n) is 3.30. The van der Waals surface area contributed by atoms with Gasteiger partial charge in [-0.15, -0.1) is 0 Å². The third kappa shape index (κ3) is 2.30. The molecule has 0 saturated heterocycles. The molecule has 0 fully saturated rings. The normalized spacial score (nSPS) is 10.8. The molecule has 102 valence electrons. The zero-order valence-electron chi connectivity index (χ0n) is 11.3. The Labute approximate surface area is 117 Å². The van der Waals surface area contributed by atoms with E-state index in [1.165, 1.54) is 0 Å². The molecule has 0 unspecified atom stereocenters. The van der Waals surface area contributed by atoms with Crippen molar-refractivity contribution in [2.75, 3.05) is 12.3 Å². The fourth-order valence-corrected chi connectivity index (χ4v) is 2.21. The molecule has 0 radical (unpaired) electrons. The van der Waals surface area contributed by atoms with Crippen LogP contribution in [-0.4, -0.2) is 21.4 Å². The highest BCUT2D eigenvalue weighted by Gasteiger charge is 2.06. The lowest BCUT2D eigenvalue weighted by atomic mass is 10.2. The van der Waals surface area contributed by atoms with Gasteiger partial charge in [-0.1, -0.05) is 0 Å². The van der Waals surface area contributed by atoms with E-state index in [1.807, 2.05) is 42.1 Å². The number of nitrogen functional groups attached to an aromatic ring is 1. The number of anilines is 1. The number of benzene rings is 1. The van der Waals surface area contributed by atoms with Crippen LogP contribution in [0, 0.1) is 0 Å². The second kappa shape index (κ2) is 5.21. The van der Waals surface area contributed by atoms with E-state index in [9.17, 15) is 0 Å². The molecule has 1 aromatic carbocycles. The highest BCUT2D eigenvalue weighted by molar-refractivity contribution is 5.93. The highest BCUT2D eigenvalue weighted by Crippen LogP contribution is 2.28. The van der Waals surface area contributed by atoms with Crippen LogP contribution in [0.15, 0.2) is 42.7 Å². The fourth-order valence-electron chi connectivity index (χ4n) is 2.21. The monoisotopic (exact) mass is 268 g/mol. The summed E-state index contributed by atoms with van der Waals surface area (Å²) >= 11 is 0. The second-order valence-corrected chi connectivity index (χ2v) is 4.60. The zero-order chi connectivity index (χ0) is 13.9. The number of ether oxygens (including phenoxy) is 1. The van der Waals surface area contributed by atoms with E-state index >= 15 is 0 Å². The van der Waals surface area contributed by atoms with E-state index in [-0.39, 0.29) is 0 Å². The number of aryl methyl sites for hydroxylation is 1. The SMILES string of the molecule is Cn1nccc1CCOc1ccc(N)c2ncccc12. The standard InChI is InChI=1S/C15H16N4O/c1-19-11(6-9-18-19)7-10-20-14-5-4-13(16)15-12(14)3-2-8-17-15/h2-6,8-9H,7,10,16H2,1H3. The number of nitrogens with zero attached hydrogens (tertiary/aromatic N) is 3. The predicted molar refractivity (Wildman–Crippen MR) is 78.6 cm³/mol. The molecule has 5 heteroatoms. The van der Waals surface area contributed by atoms with E-state index in [0.717, 1.165) is 28.8 Å². The molecule has 0 aliphatic carbocycles. The van der Waals surface area contributed by atoms with Crippen molar-refractivity contribution in [2.24, 2.45) is 7.05 Å². The number of hydrogen-bond donors (Lipinski definition) is 1. The van der Waals surface area contributed by atoms with Gasteiger partial charge >= 0.3 is 0 Å². The first kappa shape index (κ1) is 12.5. The first-order valence-corrected chi connectivity index (χ1v) is 6.48. The Kier molecular flexibility index (Phi) is 3.25. The molecule has 0 atom stereocenters. The average molecular weight is 268 g/mol. The highest BCUT2D eigenvalue weighted by atomic mass is 16.5. The summed E-state index contributed by atoms with van der Waals surface area (Å²) in [5.41, 5.74) is 8.51. The molecule has 0 aliphatic rings. The summed E-state index contributed by atoms with van der Waals surface area (Å²) < 4.78 is 7.72. The van der Waals surface area contributed by atoms with Gasteiger partial charge in [-0.25, -0.2) is 0 Å². The predicted octanol–water partition coefficient (Wildman–Crippen LogP) is 2.17. The lowest BCUT2D eigenvalue weighted by Crippen LogP contribution is -2.06. The Bertz CT molecular complexity index is 736. The van der Waals surface area contributed by atoms with Gasteiger partial charge < -0.3 is 10.5 Å². The van der Waals surface area contributed by atoms with Gasteiger partial charge in [-0.3, -0.25) is 9.67 Å². The van der Waals surface area contributed by atoms with Crippen molar-refractivity contribution in [3.05, 3.63) is 48.4 Å². The van der Waals surface area contributed by atoms with Crippen molar-refractivity contribution < 1.29 is 4.74 Å². The molecule has 0 spiro atoms. The maximum absolute atomic E-state index is 5.92. The number of pyridine rings is 1. The van der Waals surface area contributed by atoms with E-state index in [1.54, 1.807) is 12.4 Å². The minimum Gasteiger partial charge on any atom is -0.492 e. The number of fused-ring (bicyclic) bond motifs is 1. The maximum Gasteiger partial charge on any atom is 0.128 e. The summed E-state index contributed by atoms with van der Waals surface area (Å²) in [5.74, 6) is 0.810. The van der Waals surface area contributed by atoms with Crippen LogP contribution in [0.1, 0.15) is 5.69 Å². The van der Waals surface area contributed by atoms with Crippen molar-refractivity contribution in [2.45, 2.75) is 6.42 Å². The Morgan fingerprint density at radius 2 is 2.10 bits per heavy atom. The second-order valence-electron chi connectivity index (χ2n) is 4.60. The van der Waals surface area contributed by atoms with E-state index in [4.69, 9.17) is 10.5 Å². The molecular weight excluding hydrogens is 252 g/mol. The first-order valence-electron chi connectivity index (χ1n) is 6.48. The van der Waals surface area contributed by atoms with Crippen molar-refractivity contribution in [3.8, 4) is 5.75 Å². The van der Waals surface area contributed by atoms with Crippen molar-refractivity contribution in [3.63, 3.8) is 0 Å². The molecule has 2 aromatic heterocycles. The lowest BCUT2D eigenvalue weighted by molar-refractivity contribution is 0.322. The number of hydrogen-bond acceptors (Lipinski definition) is 4. The van der Waals surface area contributed by atoms with Crippen LogP contribution < -0.4 is 10.5 Å². The summed E-state index contributed by atoms with van der Waals surface area (Å²) in [4.78, 5) is 4.29. The fraction of sp³-hybridized carbons (Fsp3) is 0.200. The van der Waals surface area contributed by atoms with Gasteiger partial charge in [0.25, 0.3) is 0 Å². The minimum atomic E-state index is 0.591. The van der Waals surface area contributed by atoms with Gasteiger partial charge in [0.05, 0.1) is 17.8 Å². The molecule has 0 amide bonds. The Balaban J connectivity index is 1.78. The number of aromatic nitrogens is 3. The molecule has 20 heavy (non-hydrogen) atoms. The molecular formula is C15H16N4O. The van der Waals surface area contributed by atoms with Crippen LogP contribution in [0.5, 0.6) is 5.75 Å². The Hall–Kier alpha value is -2.56. The van der Waals surface area contributed by atoms with Crippen LogP contribution in [0.2, 0.25) is 0 Å². The van der Waals surface area contributed by atoms with Crippen LogP contribution >= 0.6 is 0 Å². The summed E-state index contributed by atoms with van der Waals surface area (Å²) in [5, 5.41) is 5.08. The van der Waals surface area contributed by atoms with Crippen LogP contribution in [0.3, 0.4) is 0 Å². The minimum absolute atomic E-state index is 0.591. The summed E-state index contributed by atoms with van der Waals surface area (Å²) in [6, 6.07) is 9.57. The molecule has 3 aromatic rings. The lowest BCUT2D eigenvalue weighted by Gasteiger charge is -2.10. The van der Waals surface area contributed by atoms with Gasteiger partial charge in [0, 0.05) is 36.9 Å². The Morgan fingerprint density at radius 1 is 1.20 bits per heavy atom. The van der Waals surface area contributed by atoms with Gasteiger partial charge in [-0.2, -0.15) is 5.10 Å². The number of nitrogens with two attached hydrogens (primary N) is 1. The molecule has 2 heterocycles. The summed E-state index contributed by atoms with van der Waals surface area (Å²) in [7, 11) is 1.93. The molecule has 3 rings (SSSR count). The van der Waals surface area contributed by atoms with Crippen LogP contribution in [0.4, 0.5) is 5.69 Å². The maximum atomic E-state index is 5.92. The average Bonchev–Trinajstić information content (AvgIpc) is 2.87. The van der Waals surface area contributed by atoms with Gasteiger partial charge in [-0.05, 0) is 30.3 Å². The molecule has 0 bridgehead atoms. The van der Waals surface area contributed by atoms with Crippen molar-refractivity contribution >= 4 is 16.6 Å². The third-order valence-corrected chi connectivity index (χ3v) is 3.30. The largest absolute Gasteiger partial charge is 0.492 e. The first-order chi connectivity index (χ1) is 9.75. The summed E-state index contributed by atoms with van der Waals surface area (Å²) in [6.07, 6.45) is 4.33. The van der Waals surface area contributed by atoms with Crippen LogP contribution in [0.25, 0.3) is 10.9 Å². The van der Waals surface area contributed by atoms with Gasteiger partial charge in [0.2, 0.25) is 0 Å². The zero-order valence-corrected chi connectivity index (χ0v) is 11.3. The van der Waals surface area contributed by atoms with Crippen molar-refractivity contribution in [1.29, 1.82) is 0 Å². The topological polar surface area (TPSA) is 66.0 Å². The van der Waals surface area contributed by atoms with Gasteiger partial charge in [0.1, 0.15) is 5.75 Å². The molecule has 2 N–H and O–H groups in total. The van der Waals surface area contributed by atoms with Crippen molar-refractivity contribution in [1.82, 2.24) is 14.8 Å². The molecule has 0 saturated carbocycles. The molecule has 5 nitrogen and oxygen atoms in total. The van der Waals surface area contributed by atoms with E-state index in [2.05, 4.69) is 10.1 Å². The number of rotatable bonds is 4. The van der Waals surface area contributed by atoms with Gasteiger partial charge in [0.15, 0.2) is 0 Å². The quantitative estimate of drug-likeness (QED) is 0.736. The smallest absolute Gasteiger partial charge is 0.128 e. The summed E-state index contributed by atoms with van der Waals surface area (Å²) in [6.45, 7) is 0.591.